The number of carbonyl (C=O) groups is 3. The van der Waals surface area contributed by atoms with Gasteiger partial charge in [0.1, 0.15) is 11.5 Å². The molecule has 1 saturated carbocycles. The maximum absolute atomic E-state index is 13.1. The molecule has 2 aromatic rings. The summed E-state index contributed by atoms with van der Waals surface area (Å²) in [7, 11) is 0. The molecule has 2 aliphatic rings. The second-order valence-corrected chi connectivity index (χ2v) is 7.85. The predicted molar refractivity (Wildman–Crippen MR) is 102 cm³/mol. The van der Waals surface area contributed by atoms with E-state index in [-0.39, 0.29) is 46.4 Å². The Hall–Kier alpha value is -2.68. The van der Waals surface area contributed by atoms with E-state index in [0.717, 1.165) is 24.6 Å². The van der Waals surface area contributed by atoms with Gasteiger partial charge in [-0.1, -0.05) is 24.6 Å². The lowest BCUT2D eigenvalue weighted by molar-refractivity contribution is -0.127. The normalized spacial score (nSPS) is 22.5. The third-order valence-electron chi connectivity index (χ3n) is 5.12. The highest BCUT2D eigenvalue weighted by atomic mass is 32.2. The number of nitrogens with one attached hydrogen (secondary N) is 2. The Kier molecular flexibility index (Phi) is 5.17. The van der Waals surface area contributed by atoms with Crippen LogP contribution in [-0.4, -0.2) is 50.0 Å². The lowest BCUT2D eigenvalue weighted by Gasteiger charge is -2.36. The first-order chi connectivity index (χ1) is 13.5. The van der Waals surface area contributed by atoms with Crippen LogP contribution in [0, 0.1) is 5.82 Å². The van der Waals surface area contributed by atoms with Gasteiger partial charge in [0.2, 0.25) is 5.91 Å². The molecular formula is C19H19FN4O3S. The minimum Gasteiger partial charge on any atom is -0.346 e. The number of amides is 3. The number of benzene rings is 1. The first-order valence-corrected chi connectivity index (χ1v) is 10.1. The van der Waals surface area contributed by atoms with Gasteiger partial charge in [0, 0.05) is 5.56 Å². The Bertz CT molecular complexity index is 898. The molecular weight excluding hydrogens is 383 g/mol. The number of aromatic nitrogens is 2. The van der Waals surface area contributed by atoms with Crippen LogP contribution in [0.5, 0.6) is 0 Å². The van der Waals surface area contributed by atoms with Crippen molar-refractivity contribution in [1.29, 1.82) is 0 Å². The number of carbonyl (C=O) groups excluding carboxylic acids is 3. The van der Waals surface area contributed by atoms with Crippen LogP contribution in [0.2, 0.25) is 0 Å². The number of nitrogens with zero attached hydrogens (tertiary/aromatic N) is 2. The largest absolute Gasteiger partial charge is 0.346 e. The van der Waals surface area contributed by atoms with Crippen LogP contribution in [-0.2, 0) is 4.79 Å². The summed E-state index contributed by atoms with van der Waals surface area (Å²) in [5.41, 5.74) is 1.50. The second kappa shape index (κ2) is 7.75. The van der Waals surface area contributed by atoms with Gasteiger partial charge in [0.25, 0.3) is 11.1 Å². The highest BCUT2D eigenvalue weighted by Crippen LogP contribution is 2.30. The SMILES string of the molecule is O=C(N[C@@H]1CCCC[C@H]1N1C(=O)CSC1=O)c1cc(-c2ccc(F)cc2)n[nH]1. The van der Waals surface area contributed by atoms with E-state index in [9.17, 15) is 18.8 Å². The van der Waals surface area contributed by atoms with Gasteiger partial charge in [0.15, 0.2) is 0 Å². The minimum absolute atomic E-state index is 0.164. The molecule has 1 aromatic heterocycles. The lowest BCUT2D eigenvalue weighted by Crippen LogP contribution is -2.54. The number of imide groups is 1. The molecule has 4 rings (SSSR count). The molecule has 0 spiro atoms. The fourth-order valence-corrected chi connectivity index (χ4v) is 4.49. The summed E-state index contributed by atoms with van der Waals surface area (Å²) in [6.07, 6.45) is 3.23. The van der Waals surface area contributed by atoms with Crippen molar-refractivity contribution in [3.63, 3.8) is 0 Å². The van der Waals surface area contributed by atoms with E-state index in [1.807, 2.05) is 0 Å². The number of rotatable bonds is 4. The lowest BCUT2D eigenvalue weighted by atomic mass is 9.89. The Morgan fingerprint density at radius 3 is 2.68 bits per heavy atom. The smallest absolute Gasteiger partial charge is 0.289 e. The Morgan fingerprint density at radius 1 is 1.21 bits per heavy atom. The molecule has 7 nitrogen and oxygen atoms in total. The molecule has 0 radical (unpaired) electrons. The Labute approximate surface area is 165 Å². The number of hydrogen-bond donors (Lipinski definition) is 2. The number of hydrogen-bond acceptors (Lipinski definition) is 5. The molecule has 0 unspecified atom stereocenters. The standard InChI is InChI=1S/C19H19FN4O3S/c20-12-7-5-11(6-8-12)14-9-15(23-22-14)18(26)21-13-3-1-2-4-16(13)24-17(25)10-28-19(24)27/h5-9,13,16H,1-4,10H2,(H,21,26)(H,22,23)/t13-,16-/m1/s1. The zero-order valence-corrected chi connectivity index (χ0v) is 15.8. The monoisotopic (exact) mass is 402 g/mol. The zero-order chi connectivity index (χ0) is 19.7. The van der Waals surface area contributed by atoms with E-state index in [2.05, 4.69) is 15.5 Å². The van der Waals surface area contributed by atoms with Crippen molar-refractivity contribution in [3.8, 4) is 11.3 Å². The van der Waals surface area contributed by atoms with Gasteiger partial charge in [-0.25, -0.2) is 4.39 Å². The van der Waals surface area contributed by atoms with Gasteiger partial charge in [0.05, 0.1) is 23.5 Å². The quantitative estimate of drug-likeness (QED) is 0.820. The van der Waals surface area contributed by atoms with Crippen molar-refractivity contribution in [2.75, 3.05) is 5.75 Å². The number of thioether (sulfide) groups is 1. The van der Waals surface area contributed by atoms with Gasteiger partial charge in [-0.3, -0.25) is 24.4 Å². The molecule has 1 aliphatic carbocycles. The van der Waals surface area contributed by atoms with E-state index in [1.165, 1.54) is 17.0 Å². The van der Waals surface area contributed by atoms with Crippen LogP contribution < -0.4 is 5.32 Å². The third kappa shape index (κ3) is 3.66. The van der Waals surface area contributed by atoms with Gasteiger partial charge in [-0.15, -0.1) is 0 Å². The molecule has 146 valence electrons. The molecule has 2 fully saturated rings. The minimum atomic E-state index is -0.343. The average molecular weight is 402 g/mol. The molecule has 2 atom stereocenters. The molecule has 1 aliphatic heterocycles. The van der Waals surface area contributed by atoms with Crippen LogP contribution in [0.3, 0.4) is 0 Å². The second-order valence-electron chi connectivity index (χ2n) is 6.92. The van der Waals surface area contributed by atoms with E-state index in [1.54, 1.807) is 18.2 Å². The van der Waals surface area contributed by atoms with Crippen molar-refractivity contribution >= 4 is 28.8 Å². The summed E-state index contributed by atoms with van der Waals surface area (Å²) in [4.78, 5) is 38.2. The molecule has 2 heterocycles. The van der Waals surface area contributed by atoms with E-state index < -0.39 is 0 Å². The van der Waals surface area contributed by atoms with Crippen LogP contribution in [0.1, 0.15) is 36.2 Å². The predicted octanol–water partition coefficient (Wildman–Crippen LogP) is 2.95. The fourth-order valence-electron chi connectivity index (χ4n) is 3.73. The van der Waals surface area contributed by atoms with E-state index in [0.29, 0.717) is 24.1 Å². The molecule has 2 N–H and O–H groups in total. The van der Waals surface area contributed by atoms with Crippen LogP contribution >= 0.6 is 11.8 Å². The van der Waals surface area contributed by atoms with Crippen molar-refractivity contribution < 1.29 is 18.8 Å². The third-order valence-corrected chi connectivity index (χ3v) is 5.96. The number of aromatic amines is 1. The first-order valence-electron chi connectivity index (χ1n) is 9.14. The van der Waals surface area contributed by atoms with Crippen LogP contribution in [0.15, 0.2) is 30.3 Å². The number of halogens is 1. The zero-order valence-electron chi connectivity index (χ0n) is 15.0. The topological polar surface area (TPSA) is 95.2 Å². The Morgan fingerprint density at radius 2 is 1.96 bits per heavy atom. The maximum Gasteiger partial charge on any atom is 0.289 e. The summed E-state index contributed by atoms with van der Waals surface area (Å²) in [6.45, 7) is 0. The van der Waals surface area contributed by atoms with Crippen molar-refractivity contribution in [2.45, 2.75) is 37.8 Å². The van der Waals surface area contributed by atoms with Crippen molar-refractivity contribution in [3.05, 3.63) is 41.8 Å². The molecule has 1 aromatic carbocycles. The van der Waals surface area contributed by atoms with Crippen LogP contribution in [0.25, 0.3) is 11.3 Å². The van der Waals surface area contributed by atoms with Gasteiger partial charge in [-0.2, -0.15) is 5.10 Å². The van der Waals surface area contributed by atoms with E-state index >= 15 is 0 Å². The average Bonchev–Trinajstić information content (AvgIpc) is 3.30. The fraction of sp³-hybridized carbons (Fsp3) is 0.368. The van der Waals surface area contributed by atoms with Crippen molar-refractivity contribution in [2.24, 2.45) is 0 Å². The highest BCUT2D eigenvalue weighted by molar-refractivity contribution is 8.14. The number of H-pyrrole nitrogens is 1. The van der Waals surface area contributed by atoms with E-state index in [4.69, 9.17) is 0 Å². The first kappa shape index (κ1) is 18.7. The molecule has 3 amide bonds. The molecule has 28 heavy (non-hydrogen) atoms. The van der Waals surface area contributed by atoms with Crippen molar-refractivity contribution in [1.82, 2.24) is 20.4 Å². The summed E-state index contributed by atoms with van der Waals surface area (Å²) < 4.78 is 13.1. The van der Waals surface area contributed by atoms with Gasteiger partial charge < -0.3 is 5.32 Å². The van der Waals surface area contributed by atoms with Crippen LogP contribution in [0.4, 0.5) is 9.18 Å². The summed E-state index contributed by atoms with van der Waals surface area (Å²) in [5, 5.41) is 9.54. The maximum atomic E-state index is 13.1. The highest BCUT2D eigenvalue weighted by Gasteiger charge is 2.41. The molecule has 9 heteroatoms. The molecule has 1 saturated heterocycles. The van der Waals surface area contributed by atoms with Gasteiger partial charge in [-0.05, 0) is 43.2 Å². The Balaban J connectivity index is 1.48. The summed E-state index contributed by atoms with van der Waals surface area (Å²) in [6, 6.07) is 6.84. The summed E-state index contributed by atoms with van der Waals surface area (Å²) >= 11 is 1.01. The molecule has 0 bridgehead atoms. The summed E-state index contributed by atoms with van der Waals surface area (Å²) in [5.74, 6) is -0.715. The van der Waals surface area contributed by atoms with Gasteiger partial charge >= 0.3 is 0 Å².